The second-order valence-electron chi connectivity index (χ2n) is 4.31. The summed E-state index contributed by atoms with van der Waals surface area (Å²) in [6.07, 6.45) is 2.44. The molecule has 4 nitrogen and oxygen atoms in total. The first kappa shape index (κ1) is 12.2. The molecule has 0 aromatic heterocycles. The number of nitrogens with two attached hydrogens (primary N) is 1. The molecule has 0 heterocycles. The van der Waals surface area contributed by atoms with E-state index >= 15 is 0 Å². The summed E-state index contributed by atoms with van der Waals surface area (Å²) in [4.78, 5) is 11.9. The van der Waals surface area contributed by atoms with E-state index in [1.165, 1.54) is 0 Å². The molecule has 2 rings (SSSR count). The molecule has 17 heavy (non-hydrogen) atoms. The van der Waals surface area contributed by atoms with Crippen molar-refractivity contribution in [2.75, 3.05) is 12.4 Å². The maximum atomic E-state index is 11.9. The smallest absolute Gasteiger partial charge is 0.244 e. The van der Waals surface area contributed by atoms with Crippen LogP contribution in [0.15, 0.2) is 18.2 Å². The minimum Gasteiger partial charge on any atom is -0.497 e. The summed E-state index contributed by atoms with van der Waals surface area (Å²) >= 11 is 6.00. The Morgan fingerprint density at radius 2 is 2.24 bits per heavy atom. The quantitative estimate of drug-likeness (QED) is 0.869. The Bertz CT molecular complexity index is 444. The number of rotatable bonds is 3. The lowest BCUT2D eigenvalue weighted by Gasteiger charge is -2.36. The fraction of sp³-hybridized carbons (Fsp3) is 0.417. The largest absolute Gasteiger partial charge is 0.497 e. The summed E-state index contributed by atoms with van der Waals surface area (Å²) < 4.78 is 5.08. The fourth-order valence-corrected chi connectivity index (χ4v) is 1.92. The molecule has 1 amide bonds. The maximum absolute atomic E-state index is 11.9. The Kier molecular flexibility index (Phi) is 3.26. The van der Waals surface area contributed by atoms with Crippen molar-refractivity contribution in [1.82, 2.24) is 0 Å². The number of benzene rings is 1. The van der Waals surface area contributed by atoms with Crippen LogP contribution in [0.25, 0.3) is 0 Å². The van der Waals surface area contributed by atoms with E-state index in [1.54, 1.807) is 25.3 Å². The van der Waals surface area contributed by atoms with Gasteiger partial charge in [0.25, 0.3) is 0 Å². The van der Waals surface area contributed by atoms with Gasteiger partial charge < -0.3 is 15.8 Å². The van der Waals surface area contributed by atoms with Gasteiger partial charge in [-0.25, -0.2) is 0 Å². The van der Waals surface area contributed by atoms with Gasteiger partial charge in [0.1, 0.15) is 5.75 Å². The first-order valence-electron chi connectivity index (χ1n) is 5.49. The van der Waals surface area contributed by atoms with Gasteiger partial charge in [-0.2, -0.15) is 0 Å². The molecule has 0 atom stereocenters. The lowest BCUT2D eigenvalue weighted by atomic mass is 9.77. The van der Waals surface area contributed by atoms with Crippen molar-refractivity contribution in [3.8, 4) is 5.75 Å². The van der Waals surface area contributed by atoms with Crippen LogP contribution in [0.1, 0.15) is 19.3 Å². The number of carbonyl (C=O) groups is 1. The van der Waals surface area contributed by atoms with E-state index in [4.69, 9.17) is 22.1 Å². The zero-order chi connectivity index (χ0) is 12.5. The van der Waals surface area contributed by atoms with E-state index in [2.05, 4.69) is 5.32 Å². The van der Waals surface area contributed by atoms with Crippen molar-refractivity contribution < 1.29 is 9.53 Å². The fourth-order valence-electron chi connectivity index (χ4n) is 1.76. The van der Waals surface area contributed by atoms with Crippen molar-refractivity contribution in [2.45, 2.75) is 24.8 Å². The minimum atomic E-state index is -0.730. The van der Waals surface area contributed by atoms with E-state index in [9.17, 15) is 4.79 Å². The molecule has 1 aliphatic rings. The van der Waals surface area contributed by atoms with Crippen molar-refractivity contribution in [3.63, 3.8) is 0 Å². The number of amides is 1. The Labute approximate surface area is 105 Å². The summed E-state index contributed by atoms with van der Waals surface area (Å²) in [7, 11) is 1.56. The Morgan fingerprint density at radius 3 is 2.76 bits per heavy atom. The van der Waals surface area contributed by atoms with E-state index in [1.807, 2.05) is 0 Å². The summed E-state index contributed by atoms with van der Waals surface area (Å²) in [5.74, 6) is 0.461. The molecular formula is C12H15ClN2O2. The van der Waals surface area contributed by atoms with Gasteiger partial charge in [0.2, 0.25) is 5.91 Å². The predicted molar refractivity (Wildman–Crippen MR) is 67.4 cm³/mol. The van der Waals surface area contributed by atoms with Crippen LogP contribution in [0.2, 0.25) is 5.02 Å². The highest BCUT2D eigenvalue weighted by Gasteiger charge is 2.40. The van der Waals surface area contributed by atoms with Crippen molar-refractivity contribution in [3.05, 3.63) is 23.2 Å². The van der Waals surface area contributed by atoms with Crippen molar-refractivity contribution >= 4 is 23.2 Å². The molecule has 1 aliphatic carbocycles. The average Bonchev–Trinajstić information content (AvgIpc) is 2.28. The molecule has 1 aromatic carbocycles. The Balaban J connectivity index is 2.15. The van der Waals surface area contributed by atoms with Crippen LogP contribution in [0.5, 0.6) is 5.75 Å². The van der Waals surface area contributed by atoms with Crippen molar-refractivity contribution in [1.29, 1.82) is 0 Å². The van der Waals surface area contributed by atoms with Gasteiger partial charge in [-0.15, -0.1) is 0 Å². The Hall–Kier alpha value is -1.26. The van der Waals surface area contributed by atoms with Crippen LogP contribution >= 0.6 is 11.6 Å². The summed E-state index contributed by atoms with van der Waals surface area (Å²) in [5, 5.41) is 3.23. The number of hydrogen-bond donors (Lipinski definition) is 2. The van der Waals surface area contributed by atoms with Gasteiger partial charge in [-0.05, 0) is 31.4 Å². The number of halogens is 1. The van der Waals surface area contributed by atoms with Crippen molar-refractivity contribution in [2.24, 2.45) is 5.73 Å². The molecule has 1 fully saturated rings. The van der Waals surface area contributed by atoms with Crippen LogP contribution < -0.4 is 15.8 Å². The highest BCUT2D eigenvalue weighted by atomic mass is 35.5. The van der Waals surface area contributed by atoms with Gasteiger partial charge in [0.05, 0.1) is 23.4 Å². The van der Waals surface area contributed by atoms with E-state index in [0.717, 1.165) is 19.3 Å². The lowest BCUT2D eigenvalue weighted by Crippen LogP contribution is -2.56. The zero-order valence-corrected chi connectivity index (χ0v) is 10.4. The normalized spacial score (nSPS) is 17.1. The molecular weight excluding hydrogens is 240 g/mol. The molecule has 1 aromatic rings. The Morgan fingerprint density at radius 1 is 1.53 bits per heavy atom. The molecule has 92 valence electrons. The molecule has 0 spiro atoms. The summed E-state index contributed by atoms with van der Waals surface area (Å²) in [6, 6.07) is 5.10. The number of anilines is 1. The third kappa shape index (κ3) is 2.37. The first-order valence-corrected chi connectivity index (χ1v) is 5.87. The van der Waals surface area contributed by atoms with Gasteiger partial charge in [-0.3, -0.25) is 4.79 Å². The van der Waals surface area contributed by atoms with Gasteiger partial charge in [0.15, 0.2) is 0 Å². The summed E-state index contributed by atoms with van der Waals surface area (Å²) in [6.45, 7) is 0. The molecule has 0 radical (unpaired) electrons. The van der Waals surface area contributed by atoms with Crippen LogP contribution in [0.4, 0.5) is 5.69 Å². The topological polar surface area (TPSA) is 64.3 Å². The highest BCUT2D eigenvalue weighted by Crippen LogP contribution is 2.32. The average molecular weight is 255 g/mol. The highest BCUT2D eigenvalue weighted by molar-refractivity contribution is 6.33. The van der Waals surface area contributed by atoms with E-state index in [-0.39, 0.29) is 5.91 Å². The van der Waals surface area contributed by atoms with E-state index < -0.39 is 5.54 Å². The molecule has 0 aliphatic heterocycles. The SMILES string of the molecule is COc1ccc(Cl)c(NC(=O)C2(N)CCC2)c1. The van der Waals surface area contributed by atoms with E-state index in [0.29, 0.717) is 16.5 Å². The molecule has 3 N–H and O–H groups in total. The molecule has 0 saturated heterocycles. The van der Waals surface area contributed by atoms with Gasteiger partial charge >= 0.3 is 0 Å². The minimum absolute atomic E-state index is 0.182. The number of nitrogens with one attached hydrogen (secondary N) is 1. The molecule has 5 heteroatoms. The predicted octanol–water partition coefficient (Wildman–Crippen LogP) is 2.17. The lowest BCUT2D eigenvalue weighted by molar-refractivity contribution is -0.123. The van der Waals surface area contributed by atoms with Crippen LogP contribution in [-0.4, -0.2) is 18.6 Å². The zero-order valence-electron chi connectivity index (χ0n) is 9.63. The first-order chi connectivity index (χ1) is 8.05. The second kappa shape index (κ2) is 4.55. The van der Waals surface area contributed by atoms with Crippen LogP contribution in [-0.2, 0) is 4.79 Å². The maximum Gasteiger partial charge on any atom is 0.244 e. The number of methoxy groups -OCH3 is 1. The van der Waals surface area contributed by atoms with Gasteiger partial charge in [0, 0.05) is 6.07 Å². The molecule has 0 unspecified atom stereocenters. The number of carbonyl (C=O) groups excluding carboxylic acids is 1. The van der Waals surface area contributed by atoms with Crippen LogP contribution in [0, 0.1) is 0 Å². The third-order valence-corrected chi connectivity index (χ3v) is 3.45. The standard InChI is InChI=1S/C12H15ClN2O2/c1-17-8-3-4-9(13)10(7-8)15-11(16)12(14)5-2-6-12/h3-4,7H,2,5-6,14H2,1H3,(H,15,16). The third-order valence-electron chi connectivity index (χ3n) is 3.12. The van der Waals surface area contributed by atoms with Crippen LogP contribution in [0.3, 0.4) is 0 Å². The molecule has 0 bridgehead atoms. The molecule has 1 saturated carbocycles. The van der Waals surface area contributed by atoms with Gasteiger partial charge in [-0.1, -0.05) is 11.6 Å². The monoisotopic (exact) mass is 254 g/mol. The number of hydrogen-bond acceptors (Lipinski definition) is 3. The summed E-state index contributed by atoms with van der Waals surface area (Å²) in [5.41, 5.74) is 5.73. The number of ether oxygens (including phenoxy) is 1. The second-order valence-corrected chi connectivity index (χ2v) is 4.72.